The first kappa shape index (κ1) is 23.7. The van der Waals surface area contributed by atoms with Gasteiger partial charge in [0, 0.05) is 25.6 Å². The summed E-state index contributed by atoms with van der Waals surface area (Å²) in [6.07, 6.45) is 0.829. The van der Waals surface area contributed by atoms with Crippen LogP contribution in [0.2, 0.25) is 5.02 Å². The third kappa shape index (κ3) is 4.78. The van der Waals surface area contributed by atoms with Gasteiger partial charge in [-0.1, -0.05) is 30.7 Å². The van der Waals surface area contributed by atoms with E-state index in [0.29, 0.717) is 47.5 Å². The molecule has 172 valence electrons. The van der Waals surface area contributed by atoms with E-state index < -0.39 is 5.92 Å². The topological polar surface area (TPSA) is 77.1 Å². The van der Waals surface area contributed by atoms with Gasteiger partial charge < -0.3 is 24.4 Å². The Kier molecular flexibility index (Phi) is 7.85. The molecule has 1 fully saturated rings. The number of halogens is 1. The Morgan fingerprint density at radius 1 is 1.06 bits per heavy atom. The predicted octanol–water partition coefficient (Wildman–Crippen LogP) is 3.75. The van der Waals surface area contributed by atoms with Crippen LogP contribution in [0.5, 0.6) is 17.2 Å². The highest BCUT2D eigenvalue weighted by Gasteiger charge is 2.41. The smallest absolute Gasteiger partial charge is 0.255 e. The highest BCUT2D eigenvalue weighted by atomic mass is 35.5. The van der Waals surface area contributed by atoms with Gasteiger partial charge in [-0.2, -0.15) is 0 Å². The molecule has 0 spiro atoms. The summed E-state index contributed by atoms with van der Waals surface area (Å²) in [7, 11) is 4.64. The summed E-state index contributed by atoms with van der Waals surface area (Å²) in [5, 5.41) is 3.36. The first-order chi connectivity index (χ1) is 15.4. The third-order valence-corrected chi connectivity index (χ3v) is 6.04. The summed E-state index contributed by atoms with van der Waals surface area (Å²) >= 11 is 6.26. The molecule has 0 saturated carbocycles. The Morgan fingerprint density at radius 2 is 1.72 bits per heavy atom. The zero-order valence-electron chi connectivity index (χ0n) is 18.8. The minimum Gasteiger partial charge on any atom is -0.493 e. The van der Waals surface area contributed by atoms with Crippen LogP contribution in [0.25, 0.3) is 0 Å². The second-order valence-electron chi connectivity index (χ2n) is 7.65. The standard InChI is InChI=1S/C24H29ClN2O5/c1-5-10-26-23(28)18-14-27(24(29)16-8-6-7-9-19(16)25)13-17(18)15-11-20(30-2)22(32-4)21(12-15)31-3/h6-9,11-12,17-18H,5,10,13-14H2,1-4H3,(H,26,28). The maximum absolute atomic E-state index is 13.2. The maximum atomic E-state index is 13.2. The molecule has 3 rings (SSSR count). The average Bonchev–Trinajstić information content (AvgIpc) is 3.27. The van der Waals surface area contributed by atoms with Crippen LogP contribution in [-0.4, -0.2) is 57.7 Å². The highest BCUT2D eigenvalue weighted by Crippen LogP contribution is 2.43. The number of methoxy groups -OCH3 is 3. The van der Waals surface area contributed by atoms with Crippen LogP contribution in [-0.2, 0) is 4.79 Å². The molecule has 1 saturated heterocycles. The number of ether oxygens (including phenoxy) is 3. The summed E-state index contributed by atoms with van der Waals surface area (Å²) in [4.78, 5) is 27.9. The van der Waals surface area contributed by atoms with Crippen molar-refractivity contribution in [2.24, 2.45) is 5.92 Å². The van der Waals surface area contributed by atoms with Gasteiger partial charge in [0.15, 0.2) is 11.5 Å². The number of hydrogen-bond acceptors (Lipinski definition) is 5. The highest BCUT2D eigenvalue weighted by molar-refractivity contribution is 6.33. The van der Waals surface area contributed by atoms with Crippen molar-refractivity contribution in [3.05, 3.63) is 52.5 Å². The van der Waals surface area contributed by atoms with E-state index in [4.69, 9.17) is 25.8 Å². The van der Waals surface area contributed by atoms with E-state index in [1.165, 1.54) is 0 Å². The summed E-state index contributed by atoms with van der Waals surface area (Å²) in [6, 6.07) is 10.6. The van der Waals surface area contributed by atoms with Crippen LogP contribution in [0.1, 0.15) is 35.2 Å². The van der Waals surface area contributed by atoms with Crippen LogP contribution in [0.15, 0.2) is 36.4 Å². The zero-order valence-corrected chi connectivity index (χ0v) is 19.6. The van der Waals surface area contributed by atoms with Gasteiger partial charge in [0.1, 0.15) is 0 Å². The summed E-state index contributed by atoms with van der Waals surface area (Å²) in [6.45, 7) is 3.24. The molecular weight excluding hydrogens is 432 g/mol. The Labute approximate surface area is 193 Å². The second-order valence-corrected chi connectivity index (χ2v) is 8.06. The molecule has 7 nitrogen and oxygen atoms in total. The van der Waals surface area contributed by atoms with E-state index in [-0.39, 0.29) is 17.7 Å². The van der Waals surface area contributed by atoms with Gasteiger partial charge in [-0.05, 0) is 36.2 Å². The largest absolute Gasteiger partial charge is 0.493 e. The Morgan fingerprint density at radius 3 is 2.28 bits per heavy atom. The lowest BCUT2D eigenvalue weighted by Crippen LogP contribution is -2.36. The summed E-state index contributed by atoms with van der Waals surface area (Å²) in [5.41, 5.74) is 1.26. The number of amides is 2. The number of rotatable bonds is 8. The molecule has 0 bridgehead atoms. The Balaban J connectivity index is 1.99. The molecule has 0 aliphatic carbocycles. The molecule has 2 atom stereocenters. The molecule has 8 heteroatoms. The van der Waals surface area contributed by atoms with Gasteiger partial charge in [0.2, 0.25) is 11.7 Å². The van der Waals surface area contributed by atoms with E-state index in [2.05, 4.69) is 5.32 Å². The van der Waals surface area contributed by atoms with Crippen LogP contribution in [0, 0.1) is 5.92 Å². The van der Waals surface area contributed by atoms with Crippen molar-refractivity contribution < 1.29 is 23.8 Å². The molecule has 0 aromatic heterocycles. The Hall–Kier alpha value is -2.93. The van der Waals surface area contributed by atoms with E-state index in [1.807, 2.05) is 19.1 Å². The molecule has 1 aliphatic heterocycles. The van der Waals surface area contributed by atoms with Crippen molar-refractivity contribution in [3.63, 3.8) is 0 Å². The molecule has 1 heterocycles. The molecule has 1 aliphatic rings. The van der Waals surface area contributed by atoms with E-state index in [0.717, 1.165) is 12.0 Å². The van der Waals surface area contributed by atoms with Gasteiger partial charge >= 0.3 is 0 Å². The first-order valence-corrected chi connectivity index (χ1v) is 10.9. The molecular formula is C24H29ClN2O5. The minimum atomic E-state index is -0.421. The number of carbonyl (C=O) groups is 2. The second kappa shape index (κ2) is 10.6. The number of hydrogen-bond donors (Lipinski definition) is 1. The molecule has 0 radical (unpaired) electrons. The van der Waals surface area contributed by atoms with Crippen molar-refractivity contribution in [1.82, 2.24) is 10.2 Å². The van der Waals surface area contributed by atoms with Crippen LogP contribution in [0.4, 0.5) is 0 Å². The van der Waals surface area contributed by atoms with Crippen molar-refractivity contribution in [2.45, 2.75) is 19.3 Å². The van der Waals surface area contributed by atoms with Crippen molar-refractivity contribution in [3.8, 4) is 17.2 Å². The van der Waals surface area contributed by atoms with E-state index >= 15 is 0 Å². The van der Waals surface area contributed by atoms with Crippen LogP contribution in [0.3, 0.4) is 0 Å². The summed E-state index contributed by atoms with van der Waals surface area (Å²) in [5.74, 6) is 0.547. The van der Waals surface area contributed by atoms with E-state index in [9.17, 15) is 9.59 Å². The van der Waals surface area contributed by atoms with E-state index in [1.54, 1.807) is 50.5 Å². The third-order valence-electron chi connectivity index (χ3n) is 5.71. The van der Waals surface area contributed by atoms with Crippen molar-refractivity contribution in [2.75, 3.05) is 41.0 Å². The predicted molar refractivity (Wildman–Crippen MR) is 123 cm³/mol. The van der Waals surface area contributed by atoms with Crippen LogP contribution < -0.4 is 19.5 Å². The number of benzene rings is 2. The van der Waals surface area contributed by atoms with Gasteiger partial charge in [0.25, 0.3) is 5.91 Å². The summed E-state index contributed by atoms with van der Waals surface area (Å²) < 4.78 is 16.4. The molecule has 1 N–H and O–H groups in total. The number of nitrogens with zero attached hydrogens (tertiary/aromatic N) is 1. The fraction of sp³-hybridized carbons (Fsp3) is 0.417. The van der Waals surface area contributed by atoms with Crippen molar-refractivity contribution in [1.29, 1.82) is 0 Å². The van der Waals surface area contributed by atoms with Crippen molar-refractivity contribution >= 4 is 23.4 Å². The molecule has 2 unspecified atom stereocenters. The molecule has 32 heavy (non-hydrogen) atoms. The molecule has 2 amide bonds. The fourth-order valence-electron chi connectivity index (χ4n) is 4.07. The number of likely N-dealkylation sites (tertiary alicyclic amines) is 1. The Bertz CT molecular complexity index is 956. The lowest BCUT2D eigenvalue weighted by atomic mass is 9.88. The zero-order chi connectivity index (χ0) is 23.3. The van der Waals surface area contributed by atoms with Crippen LogP contribution >= 0.6 is 11.6 Å². The van der Waals surface area contributed by atoms with Gasteiger partial charge in [-0.3, -0.25) is 9.59 Å². The minimum absolute atomic E-state index is 0.0833. The van der Waals surface area contributed by atoms with Gasteiger partial charge in [-0.15, -0.1) is 0 Å². The molecule has 2 aromatic rings. The number of carbonyl (C=O) groups excluding carboxylic acids is 2. The fourth-order valence-corrected chi connectivity index (χ4v) is 4.29. The average molecular weight is 461 g/mol. The normalized spacial score (nSPS) is 17.7. The van der Waals surface area contributed by atoms with Gasteiger partial charge in [0.05, 0.1) is 37.8 Å². The quantitative estimate of drug-likeness (QED) is 0.649. The lowest BCUT2D eigenvalue weighted by Gasteiger charge is -2.21. The SMILES string of the molecule is CCCNC(=O)C1CN(C(=O)c2ccccc2Cl)CC1c1cc(OC)c(OC)c(OC)c1. The molecule has 2 aromatic carbocycles. The number of nitrogens with one attached hydrogen (secondary N) is 1. The maximum Gasteiger partial charge on any atom is 0.255 e. The monoisotopic (exact) mass is 460 g/mol. The van der Waals surface area contributed by atoms with Gasteiger partial charge in [-0.25, -0.2) is 0 Å². The lowest BCUT2D eigenvalue weighted by molar-refractivity contribution is -0.124. The first-order valence-electron chi connectivity index (χ1n) is 10.6.